The summed E-state index contributed by atoms with van der Waals surface area (Å²) in [6.07, 6.45) is 5.86. The summed E-state index contributed by atoms with van der Waals surface area (Å²) in [5.74, 6) is -0.203. The number of rotatable bonds is 4. The molecule has 0 bridgehead atoms. The molecule has 0 aliphatic heterocycles. The topological polar surface area (TPSA) is 66.9 Å². The molecule has 1 aromatic carbocycles. The van der Waals surface area contributed by atoms with Crippen molar-refractivity contribution in [1.29, 1.82) is 0 Å². The standard InChI is InChI=1S/C17H19N3O2S/c1-2-9-18-15(21)11-7-8-13-14(10-11)19-17(23)20(16(13)22)12-5-3-4-6-12/h2,7-8,10,12H,1,3-6,9H2,(H,18,21)(H,19,23). The fourth-order valence-electron chi connectivity index (χ4n) is 3.13. The van der Waals surface area contributed by atoms with Gasteiger partial charge < -0.3 is 10.3 Å². The summed E-state index contributed by atoms with van der Waals surface area (Å²) in [4.78, 5) is 27.9. The van der Waals surface area contributed by atoms with Gasteiger partial charge in [0.05, 0.1) is 10.9 Å². The fraction of sp³-hybridized carbons (Fsp3) is 0.353. The second-order valence-corrected chi connectivity index (χ2v) is 6.19. The first-order valence-electron chi connectivity index (χ1n) is 7.79. The van der Waals surface area contributed by atoms with Gasteiger partial charge in [0.25, 0.3) is 11.5 Å². The average Bonchev–Trinajstić information content (AvgIpc) is 3.06. The Morgan fingerprint density at radius 1 is 1.43 bits per heavy atom. The van der Waals surface area contributed by atoms with Crippen LogP contribution in [0.5, 0.6) is 0 Å². The number of carbonyl (C=O) groups excluding carboxylic acids is 1. The predicted molar refractivity (Wildman–Crippen MR) is 93.4 cm³/mol. The summed E-state index contributed by atoms with van der Waals surface area (Å²) in [5.41, 5.74) is 1.01. The summed E-state index contributed by atoms with van der Waals surface area (Å²) in [6, 6.07) is 5.21. The number of aromatic amines is 1. The highest BCUT2D eigenvalue weighted by Crippen LogP contribution is 2.28. The van der Waals surface area contributed by atoms with E-state index in [-0.39, 0.29) is 17.5 Å². The van der Waals surface area contributed by atoms with Crippen LogP contribution < -0.4 is 10.9 Å². The van der Waals surface area contributed by atoms with Crippen molar-refractivity contribution in [3.63, 3.8) is 0 Å². The molecule has 0 radical (unpaired) electrons. The van der Waals surface area contributed by atoms with Crippen molar-refractivity contribution >= 4 is 29.0 Å². The van der Waals surface area contributed by atoms with E-state index in [4.69, 9.17) is 12.2 Å². The van der Waals surface area contributed by atoms with E-state index in [1.807, 2.05) is 0 Å². The second-order valence-electron chi connectivity index (χ2n) is 5.80. The minimum atomic E-state index is -0.203. The molecule has 2 N–H and O–H groups in total. The molecule has 1 fully saturated rings. The third-order valence-electron chi connectivity index (χ3n) is 4.29. The summed E-state index contributed by atoms with van der Waals surface area (Å²) in [6.45, 7) is 3.97. The zero-order valence-electron chi connectivity index (χ0n) is 12.8. The molecule has 0 spiro atoms. The van der Waals surface area contributed by atoms with Crippen molar-refractivity contribution in [3.8, 4) is 0 Å². The first-order chi connectivity index (χ1) is 11.1. The number of fused-ring (bicyclic) bond motifs is 1. The van der Waals surface area contributed by atoms with Gasteiger partial charge in [-0.2, -0.15) is 0 Å². The SMILES string of the molecule is C=CCNC(=O)c1ccc2c(=O)n(C3CCCC3)c(=S)[nH]c2c1. The Labute approximate surface area is 139 Å². The first kappa shape index (κ1) is 15.7. The highest BCUT2D eigenvalue weighted by molar-refractivity contribution is 7.71. The van der Waals surface area contributed by atoms with Crippen LogP contribution in [0.4, 0.5) is 0 Å². The molecule has 0 atom stereocenters. The lowest BCUT2D eigenvalue weighted by molar-refractivity contribution is 0.0958. The first-order valence-corrected chi connectivity index (χ1v) is 8.20. The van der Waals surface area contributed by atoms with E-state index in [0.29, 0.717) is 27.8 Å². The van der Waals surface area contributed by atoms with Crippen LogP contribution >= 0.6 is 12.2 Å². The van der Waals surface area contributed by atoms with Gasteiger partial charge in [0, 0.05) is 18.2 Å². The van der Waals surface area contributed by atoms with Crippen LogP contribution in [0.15, 0.2) is 35.6 Å². The van der Waals surface area contributed by atoms with Gasteiger partial charge in [-0.05, 0) is 43.3 Å². The molecule has 0 saturated heterocycles. The Bertz CT molecular complexity index is 876. The molecular formula is C17H19N3O2S. The third-order valence-corrected chi connectivity index (χ3v) is 4.59. The van der Waals surface area contributed by atoms with Crippen molar-refractivity contribution in [2.24, 2.45) is 0 Å². The molecule has 1 amide bonds. The van der Waals surface area contributed by atoms with Gasteiger partial charge in [0.15, 0.2) is 4.77 Å². The Morgan fingerprint density at radius 3 is 2.87 bits per heavy atom. The van der Waals surface area contributed by atoms with Gasteiger partial charge in [-0.1, -0.05) is 18.9 Å². The smallest absolute Gasteiger partial charge is 0.262 e. The van der Waals surface area contributed by atoms with Crippen LogP contribution in [-0.4, -0.2) is 22.0 Å². The van der Waals surface area contributed by atoms with E-state index >= 15 is 0 Å². The molecule has 2 aromatic rings. The Hall–Kier alpha value is -2.21. The van der Waals surface area contributed by atoms with Crippen molar-refractivity contribution < 1.29 is 4.79 Å². The summed E-state index contributed by atoms with van der Waals surface area (Å²) in [7, 11) is 0. The molecule has 23 heavy (non-hydrogen) atoms. The number of aromatic nitrogens is 2. The van der Waals surface area contributed by atoms with E-state index in [2.05, 4.69) is 16.9 Å². The monoisotopic (exact) mass is 329 g/mol. The highest BCUT2D eigenvalue weighted by atomic mass is 32.1. The van der Waals surface area contributed by atoms with Crippen LogP contribution in [0.25, 0.3) is 10.9 Å². The van der Waals surface area contributed by atoms with Crippen LogP contribution in [0.3, 0.4) is 0 Å². The maximum absolute atomic E-state index is 12.8. The van der Waals surface area contributed by atoms with Crippen LogP contribution in [-0.2, 0) is 0 Å². The largest absolute Gasteiger partial charge is 0.349 e. The van der Waals surface area contributed by atoms with Gasteiger partial charge in [-0.25, -0.2) is 0 Å². The van der Waals surface area contributed by atoms with Crippen LogP contribution in [0.1, 0.15) is 42.1 Å². The lowest BCUT2D eigenvalue weighted by Crippen LogP contribution is -2.26. The maximum atomic E-state index is 12.8. The molecule has 0 unspecified atom stereocenters. The number of amides is 1. The number of hydrogen-bond acceptors (Lipinski definition) is 3. The van der Waals surface area contributed by atoms with Crippen LogP contribution in [0, 0.1) is 4.77 Å². The number of benzene rings is 1. The van der Waals surface area contributed by atoms with Crippen molar-refractivity contribution in [2.45, 2.75) is 31.7 Å². The van der Waals surface area contributed by atoms with E-state index in [1.165, 1.54) is 0 Å². The molecule has 3 rings (SSSR count). The normalized spacial score (nSPS) is 15.0. The molecule has 1 heterocycles. The summed E-state index contributed by atoms with van der Waals surface area (Å²) in [5, 5.41) is 3.28. The number of H-pyrrole nitrogens is 1. The number of nitrogens with zero attached hydrogens (tertiary/aromatic N) is 1. The summed E-state index contributed by atoms with van der Waals surface area (Å²) < 4.78 is 2.13. The van der Waals surface area contributed by atoms with Gasteiger partial charge in [-0.3, -0.25) is 14.2 Å². The lowest BCUT2D eigenvalue weighted by atomic mass is 10.1. The summed E-state index contributed by atoms with van der Waals surface area (Å²) >= 11 is 5.38. The van der Waals surface area contributed by atoms with Crippen LogP contribution in [0.2, 0.25) is 0 Å². The van der Waals surface area contributed by atoms with E-state index < -0.39 is 0 Å². The fourth-order valence-corrected chi connectivity index (χ4v) is 3.48. The Kier molecular flexibility index (Phi) is 4.43. The maximum Gasteiger partial charge on any atom is 0.262 e. The van der Waals surface area contributed by atoms with Gasteiger partial charge in [0.1, 0.15) is 0 Å². The van der Waals surface area contributed by atoms with Gasteiger partial charge >= 0.3 is 0 Å². The number of carbonyl (C=O) groups is 1. The quantitative estimate of drug-likeness (QED) is 0.669. The van der Waals surface area contributed by atoms with Crippen molar-refractivity contribution in [1.82, 2.24) is 14.9 Å². The average molecular weight is 329 g/mol. The van der Waals surface area contributed by atoms with Crippen molar-refractivity contribution in [3.05, 3.63) is 51.5 Å². The molecule has 5 nitrogen and oxygen atoms in total. The Balaban J connectivity index is 2.06. The number of nitrogens with one attached hydrogen (secondary N) is 2. The minimum absolute atomic E-state index is 0.0753. The molecule has 1 aliphatic carbocycles. The lowest BCUT2D eigenvalue weighted by Gasteiger charge is -2.14. The van der Waals surface area contributed by atoms with E-state index in [9.17, 15) is 9.59 Å². The highest BCUT2D eigenvalue weighted by Gasteiger charge is 2.20. The second kappa shape index (κ2) is 6.50. The minimum Gasteiger partial charge on any atom is -0.349 e. The Morgan fingerprint density at radius 2 is 2.17 bits per heavy atom. The van der Waals surface area contributed by atoms with Gasteiger partial charge in [-0.15, -0.1) is 6.58 Å². The van der Waals surface area contributed by atoms with Crippen molar-refractivity contribution in [2.75, 3.05) is 6.54 Å². The molecular weight excluding hydrogens is 310 g/mol. The molecule has 120 valence electrons. The van der Waals surface area contributed by atoms with Gasteiger partial charge in [0.2, 0.25) is 0 Å². The molecule has 1 aromatic heterocycles. The zero-order chi connectivity index (χ0) is 16.4. The molecule has 1 saturated carbocycles. The molecule has 6 heteroatoms. The number of hydrogen-bond donors (Lipinski definition) is 2. The van der Waals surface area contributed by atoms with E-state index in [1.54, 1.807) is 28.8 Å². The predicted octanol–water partition coefficient (Wildman–Crippen LogP) is 3.09. The third kappa shape index (κ3) is 2.99. The van der Waals surface area contributed by atoms with E-state index in [0.717, 1.165) is 25.7 Å². The molecule has 1 aliphatic rings. The zero-order valence-corrected chi connectivity index (χ0v) is 13.6.